The van der Waals surface area contributed by atoms with Crippen LogP contribution in [0.15, 0.2) is 42.9 Å². The van der Waals surface area contributed by atoms with Gasteiger partial charge in [0, 0.05) is 11.8 Å². The van der Waals surface area contributed by atoms with E-state index in [1.54, 1.807) is 25.3 Å². The summed E-state index contributed by atoms with van der Waals surface area (Å²) in [6.45, 7) is 1.77. The van der Waals surface area contributed by atoms with E-state index in [0.29, 0.717) is 16.8 Å². The summed E-state index contributed by atoms with van der Waals surface area (Å²) < 4.78 is 40.0. The van der Waals surface area contributed by atoms with Gasteiger partial charge in [-0.05, 0) is 42.3 Å². The van der Waals surface area contributed by atoms with Crippen molar-refractivity contribution < 1.29 is 13.2 Å². The SMILES string of the molecule is Cc1ccc(C(F)(F)F)cc1-c1cccn2ncnc12. The van der Waals surface area contributed by atoms with E-state index in [0.717, 1.165) is 17.7 Å². The number of alkyl halides is 3. The van der Waals surface area contributed by atoms with E-state index in [1.165, 1.54) is 16.9 Å². The molecule has 0 spiro atoms. The molecule has 102 valence electrons. The van der Waals surface area contributed by atoms with Crippen molar-refractivity contribution >= 4 is 5.65 Å². The molecule has 0 radical (unpaired) electrons. The molecule has 0 fully saturated rings. The van der Waals surface area contributed by atoms with Crippen molar-refractivity contribution in [3.63, 3.8) is 0 Å². The summed E-state index contributed by atoms with van der Waals surface area (Å²) in [6.07, 6.45) is -1.28. The summed E-state index contributed by atoms with van der Waals surface area (Å²) in [7, 11) is 0. The second-order valence-electron chi connectivity index (χ2n) is 4.48. The second kappa shape index (κ2) is 4.33. The van der Waals surface area contributed by atoms with Gasteiger partial charge in [-0.25, -0.2) is 9.50 Å². The zero-order chi connectivity index (χ0) is 14.3. The summed E-state index contributed by atoms with van der Waals surface area (Å²) in [5, 5.41) is 3.99. The number of benzene rings is 1. The first-order valence-electron chi connectivity index (χ1n) is 5.93. The van der Waals surface area contributed by atoms with E-state index in [1.807, 2.05) is 0 Å². The molecule has 6 heteroatoms. The molecule has 0 amide bonds. The highest BCUT2D eigenvalue weighted by atomic mass is 19.4. The molecule has 0 aliphatic carbocycles. The van der Waals surface area contributed by atoms with E-state index in [4.69, 9.17) is 0 Å². The number of aryl methyl sites for hydroxylation is 1. The van der Waals surface area contributed by atoms with Gasteiger partial charge in [-0.2, -0.15) is 18.3 Å². The van der Waals surface area contributed by atoms with Gasteiger partial charge in [0.2, 0.25) is 0 Å². The Morgan fingerprint density at radius 2 is 1.90 bits per heavy atom. The Hall–Kier alpha value is -2.37. The maximum absolute atomic E-state index is 12.8. The number of pyridine rings is 1. The van der Waals surface area contributed by atoms with Crippen LogP contribution in [0.3, 0.4) is 0 Å². The fourth-order valence-electron chi connectivity index (χ4n) is 2.15. The number of hydrogen-bond acceptors (Lipinski definition) is 2. The third-order valence-electron chi connectivity index (χ3n) is 3.16. The van der Waals surface area contributed by atoms with Gasteiger partial charge in [-0.15, -0.1) is 0 Å². The van der Waals surface area contributed by atoms with E-state index in [2.05, 4.69) is 10.1 Å². The van der Waals surface area contributed by atoms with Gasteiger partial charge in [0.05, 0.1) is 5.56 Å². The predicted octanol–water partition coefficient (Wildman–Crippen LogP) is 3.72. The Kier molecular flexibility index (Phi) is 2.74. The van der Waals surface area contributed by atoms with Crippen LogP contribution in [0.2, 0.25) is 0 Å². The highest BCUT2D eigenvalue weighted by molar-refractivity contribution is 5.79. The molecule has 0 N–H and O–H groups in total. The van der Waals surface area contributed by atoms with Crippen LogP contribution >= 0.6 is 0 Å². The van der Waals surface area contributed by atoms with Crippen molar-refractivity contribution in [1.82, 2.24) is 14.6 Å². The fourth-order valence-corrected chi connectivity index (χ4v) is 2.15. The predicted molar refractivity (Wildman–Crippen MR) is 68.2 cm³/mol. The number of hydrogen-bond donors (Lipinski definition) is 0. The maximum Gasteiger partial charge on any atom is 0.416 e. The van der Waals surface area contributed by atoms with E-state index < -0.39 is 11.7 Å². The molecular weight excluding hydrogens is 267 g/mol. The fraction of sp³-hybridized carbons (Fsp3) is 0.143. The average molecular weight is 277 g/mol. The lowest BCUT2D eigenvalue weighted by Gasteiger charge is -2.12. The first-order valence-corrected chi connectivity index (χ1v) is 5.93. The Morgan fingerprint density at radius 3 is 2.65 bits per heavy atom. The molecule has 1 aromatic carbocycles. The van der Waals surface area contributed by atoms with Crippen LogP contribution in [0, 0.1) is 6.92 Å². The Bertz CT molecular complexity index is 775. The topological polar surface area (TPSA) is 30.2 Å². The minimum atomic E-state index is -4.36. The normalized spacial score (nSPS) is 12.0. The zero-order valence-electron chi connectivity index (χ0n) is 10.5. The molecule has 0 unspecified atom stereocenters. The van der Waals surface area contributed by atoms with Crippen molar-refractivity contribution in [1.29, 1.82) is 0 Å². The van der Waals surface area contributed by atoms with Gasteiger partial charge in [-0.1, -0.05) is 6.07 Å². The third-order valence-corrected chi connectivity index (χ3v) is 3.16. The Balaban J connectivity index is 2.26. The number of halogens is 3. The van der Waals surface area contributed by atoms with Gasteiger partial charge in [-0.3, -0.25) is 0 Å². The van der Waals surface area contributed by atoms with Crippen molar-refractivity contribution in [2.75, 3.05) is 0 Å². The van der Waals surface area contributed by atoms with Crippen LogP contribution in [0.4, 0.5) is 13.2 Å². The van der Waals surface area contributed by atoms with Crippen LogP contribution in [-0.4, -0.2) is 14.6 Å². The molecule has 3 aromatic rings. The zero-order valence-corrected chi connectivity index (χ0v) is 10.5. The lowest BCUT2D eigenvalue weighted by atomic mass is 9.98. The summed E-state index contributed by atoms with van der Waals surface area (Å²) in [5.41, 5.74) is 1.77. The molecule has 2 aromatic heterocycles. The van der Waals surface area contributed by atoms with E-state index in [-0.39, 0.29) is 0 Å². The first-order chi connectivity index (χ1) is 9.47. The molecule has 2 heterocycles. The quantitative estimate of drug-likeness (QED) is 0.678. The summed E-state index contributed by atoms with van der Waals surface area (Å²) >= 11 is 0. The van der Waals surface area contributed by atoms with Crippen molar-refractivity contribution in [2.45, 2.75) is 13.1 Å². The summed E-state index contributed by atoms with van der Waals surface area (Å²) in [4.78, 5) is 4.10. The number of nitrogens with zero attached hydrogens (tertiary/aromatic N) is 3. The minimum absolute atomic E-state index is 0.512. The molecule has 0 atom stereocenters. The molecule has 0 saturated heterocycles. The summed E-state index contributed by atoms with van der Waals surface area (Å²) in [5.74, 6) is 0. The first kappa shape index (κ1) is 12.7. The molecule has 3 rings (SSSR count). The molecule has 0 bridgehead atoms. The van der Waals surface area contributed by atoms with Gasteiger partial charge in [0.15, 0.2) is 5.65 Å². The van der Waals surface area contributed by atoms with E-state index in [9.17, 15) is 13.2 Å². The second-order valence-corrected chi connectivity index (χ2v) is 4.48. The minimum Gasteiger partial charge on any atom is -0.221 e. The Labute approximate surface area is 112 Å². The third kappa shape index (κ3) is 2.03. The molecule has 0 aliphatic rings. The van der Waals surface area contributed by atoms with Gasteiger partial charge < -0.3 is 0 Å². The maximum atomic E-state index is 12.8. The van der Waals surface area contributed by atoms with Crippen LogP contribution < -0.4 is 0 Å². The van der Waals surface area contributed by atoms with Crippen molar-refractivity contribution in [3.05, 3.63) is 54.0 Å². The molecule has 3 nitrogen and oxygen atoms in total. The largest absolute Gasteiger partial charge is 0.416 e. The van der Waals surface area contributed by atoms with Crippen LogP contribution in [0.1, 0.15) is 11.1 Å². The number of aromatic nitrogens is 3. The van der Waals surface area contributed by atoms with Crippen molar-refractivity contribution in [3.8, 4) is 11.1 Å². The molecular formula is C14H10F3N3. The lowest BCUT2D eigenvalue weighted by molar-refractivity contribution is -0.137. The highest BCUT2D eigenvalue weighted by Crippen LogP contribution is 2.34. The van der Waals surface area contributed by atoms with Gasteiger partial charge >= 0.3 is 6.18 Å². The Morgan fingerprint density at radius 1 is 1.10 bits per heavy atom. The van der Waals surface area contributed by atoms with Crippen molar-refractivity contribution in [2.24, 2.45) is 0 Å². The monoisotopic (exact) mass is 277 g/mol. The van der Waals surface area contributed by atoms with Crippen LogP contribution in [0.5, 0.6) is 0 Å². The highest BCUT2D eigenvalue weighted by Gasteiger charge is 2.31. The smallest absolute Gasteiger partial charge is 0.221 e. The molecule has 0 aliphatic heterocycles. The lowest BCUT2D eigenvalue weighted by Crippen LogP contribution is -2.05. The molecule has 20 heavy (non-hydrogen) atoms. The van der Waals surface area contributed by atoms with Crippen LogP contribution in [0.25, 0.3) is 16.8 Å². The van der Waals surface area contributed by atoms with Crippen LogP contribution in [-0.2, 0) is 6.18 Å². The standard InChI is InChI=1S/C14H10F3N3/c1-9-4-5-10(14(15,16)17)7-12(9)11-3-2-6-20-13(11)18-8-19-20/h2-8H,1H3. The van der Waals surface area contributed by atoms with Gasteiger partial charge in [0.1, 0.15) is 6.33 Å². The average Bonchev–Trinajstić information content (AvgIpc) is 2.86. The van der Waals surface area contributed by atoms with E-state index >= 15 is 0 Å². The number of fused-ring (bicyclic) bond motifs is 1. The molecule has 0 saturated carbocycles. The number of rotatable bonds is 1. The summed E-state index contributed by atoms with van der Waals surface area (Å²) in [6, 6.07) is 7.18. The van der Waals surface area contributed by atoms with Gasteiger partial charge in [0.25, 0.3) is 0 Å².